The highest BCUT2D eigenvalue weighted by molar-refractivity contribution is 7.14. The minimum Gasteiger partial charge on any atom is -0.481 e. The Morgan fingerprint density at radius 1 is 1.50 bits per heavy atom. The number of aliphatic carboxylic acids is 1. The van der Waals surface area contributed by atoms with E-state index >= 15 is 0 Å². The Hall–Kier alpha value is -1.83. The number of aryl methyl sites for hydroxylation is 1. The van der Waals surface area contributed by atoms with Gasteiger partial charge in [-0.1, -0.05) is 12.8 Å². The van der Waals surface area contributed by atoms with Crippen molar-refractivity contribution in [1.82, 2.24) is 25.2 Å². The molecule has 0 amide bonds. The van der Waals surface area contributed by atoms with Crippen LogP contribution in [0.2, 0.25) is 0 Å². The zero-order valence-electron chi connectivity index (χ0n) is 11.1. The lowest BCUT2D eigenvalue weighted by atomic mass is 9.86. The van der Waals surface area contributed by atoms with Crippen LogP contribution in [0.25, 0.3) is 10.7 Å². The number of carboxylic acid groups (broad SMARTS) is 1. The summed E-state index contributed by atoms with van der Waals surface area (Å²) < 4.78 is 1.60. The third-order valence-corrected chi connectivity index (χ3v) is 4.75. The van der Waals surface area contributed by atoms with Gasteiger partial charge in [0.05, 0.1) is 21.8 Å². The zero-order valence-corrected chi connectivity index (χ0v) is 11.9. The molecule has 0 aromatic carbocycles. The SMILES string of the molecule is Cc1ncc(-c2nnnn2CC2(C(=O)O)CCCC2)s1. The number of rotatable bonds is 4. The van der Waals surface area contributed by atoms with Crippen LogP contribution in [0.4, 0.5) is 0 Å². The molecule has 0 atom stereocenters. The standard InChI is InChI=1S/C12H15N5O2S/c1-8-13-6-9(20-8)10-14-15-16-17(10)7-12(11(18)19)4-2-3-5-12/h6H,2-5,7H2,1H3,(H,18,19). The van der Waals surface area contributed by atoms with Gasteiger partial charge in [0.2, 0.25) is 0 Å². The van der Waals surface area contributed by atoms with Crippen molar-refractivity contribution in [2.24, 2.45) is 5.41 Å². The first kappa shape index (κ1) is 13.2. The van der Waals surface area contributed by atoms with Crippen molar-refractivity contribution in [3.05, 3.63) is 11.2 Å². The van der Waals surface area contributed by atoms with Crippen LogP contribution in [0.5, 0.6) is 0 Å². The molecule has 3 rings (SSSR count). The lowest BCUT2D eigenvalue weighted by Crippen LogP contribution is -2.33. The Labute approximate surface area is 119 Å². The van der Waals surface area contributed by atoms with Crippen molar-refractivity contribution >= 4 is 17.3 Å². The van der Waals surface area contributed by atoms with Crippen LogP contribution >= 0.6 is 11.3 Å². The average molecular weight is 293 g/mol. The van der Waals surface area contributed by atoms with E-state index in [9.17, 15) is 9.90 Å². The summed E-state index contributed by atoms with van der Waals surface area (Å²) in [6, 6.07) is 0. The molecule has 0 saturated heterocycles. The summed E-state index contributed by atoms with van der Waals surface area (Å²) in [6.07, 6.45) is 4.99. The summed E-state index contributed by atoms with van der Waals surface area (Å²) in [5.41, 5.74) is -0.732. The molecule has 0 radical (unpaired) electrons. The molecule has 1 aliphatic rings. The predicted molar refractivity (Wildman–Crippen MR) is 72.2 cm³/mol. The number of thiazole rings is 1. The van der Waals surface area contributed by atoms with Crippen molar-refractivity contribution in [3.8, 4) is 10.7 Å². The lowest BCUT2D eigenvalue weighted by molar-refractivity contribution is -0.149. The van der Waals surface area contributed by atoms with Gasteiger partial charge < -0.3 is 5.11 Å². The summed E-state index contributed by atoms with van der Waals surface area (Å²) in [6.45, 7) is 2.24. The molecule has 2 aromatic heterocycles. The molecule has 0 unspecified atom stereocenters. The van der Waals surface area contributed by atoms with Crippen molar-refractivity contribution < 1.29 is 9.90 Å². The van der Waals surface area contributed by atoms with E-state index in [0.717, 1.165) is 22.7 Å². The van der Waals surface area contributed by atoms with E-state index in [1.165, 1.54) is 11.3 Å². The van der Waals surface area contributed by atoms with Gasteiger partial charge in [0.15, 0.2) is 5.82 Å². The number of tetrazole rings is 1. The van der Waals surface area contributed by atoms with E-state index in [4.69, 9.17) is 0 Å². The summed E-state index contributed by atoms with van der Waals surface area (Å²) in [4.78, 5) is 16.7. The van der Waals surface area contributed by atoms with E-state index in [1.54, 1.807) is 10.9 Å². The normalized spacial score (nSPS) is 17.4. The number of hydrogen-bond donors (Lipinski definition) is 1. The van der Waals surface area contributed by atoms with Gasteiger partial charge in [-0.25, -0.2) is 9.67 Å². The smallest absolute Gasteiger partial charge is 0.311 e. The number of nitrogens with zero attached hydrogens (tertiary/aromatic N) is 5. The molecule has 20 heavy (non-hydrogen) atoms. The highest BCUT2D eigenvalue weighted by Gasteiger charge is 2.42. The fraction of sp³-hybridized carbons (Fsp3) is 0.583. The number of hydrogen-bond acceptors (Lipinski definition) is 6. The average Bonchev–Trinajstić information content (AvgIpc) is 3.10. The molecule has 106 valence electrons. The van der Waals surface area contributed by atoms with Gasteiger partial charge in [-0.2, -0.15) is 0 Å². The van der Waals surface area contributed by atoms with E-state index < -0.39 is 11.4 Å². The van der Waals surface area contributed by atoms with Crippen LogP contribution in [0, 0.1) is 12.3 Å². The zero-order chi connectivity index (χ0) is 14.2. The van der Waals surface area contributed by atoms with Crippen LogP contribution in [0.3, 0.4) is 0 Å². The fourth-order valence-corrected chi connectivity index (χ4v) is 3.50. The first-order valence-electron chi connectivity index (χ1n) is 6.53. The quantitative estimate of drug-likeness (QED) is 0.923. The monoisotopic (exact) mass is 293 g/mol. The number of carbonyl (C=O) groups is 1. The number of aromatic nitrogens is 5. The molecule has 1 N–H and O–H groups in total. The van der Waals surface area contributed by atoms with Crippen molar-refractivity contribution in [1.29, 1.82) is 0 Å². The Morgan fingerprint density at radius 3 is 2.85 bits per heavy atom. The van der Waals surface area contributed by atoms with E-state index in [1.807, 2.05) is 6.92 Å². The van der Waals surface area contributed by atoms with Gasteiger partial charge in [-0.3, -0.25) is 4.79 Å². The van der Waals surface area contributed by atoms with Gasteiger partial charge in [0, 0.05) is 6.20 Å². The van der Waals surface area contributed by atoms with Crippen LogP contribution in [-0.4, -0.2) is 36.3 Å². The molecule has 0 aliphatic heterocycles. The van der Waals surface area contributed by atoms with Gasteiger partial charge >= 0.3 is 5.97 Å². The topological polar surface area (TPSA) is 93.8 Å². The Morgan fingerprint density at radius 2 is 2.25 bits per heavy atom. The Bertz CT molecular complexity index is 629. The first-order valence-corrected chi connectivity index (χ1v) is 7.35. The highest BCUT2D eigenvalue weighted by atomic mass is 32.1. The van der Waals surface area contributed by atoms with Gasteiger partial charge in [0.1, 0.15) is 0 Å². The van der Waals surface area contributed by atoms with E-state index in [0.29, 0.717) is 25.2 Å². The molecular formula is C12H15N5O2S. The predicted octanol–water partition coefficient (Wildman–Crippen LogP) is 1.75. The second kappa shape index (κ2) is 4.93. The molecule has 2 heterocycles. The van der Waals surface area contributed by atoms with Gasteiger partial charge in [-0.15, -0.1) is 16.4 Å². The molecule has 8 heteroatoms. The molecule has 0 bridgehead atoms. The van der Waals surface area contributed by atoms with Crippen LogP contribution in [0.15, 0.2) is 6.20 Å². The molecule has 1 aliphatic carbocycles. The largest absolute Gasteiger partial charge is 0.481 e. The lowest BCUT2D eigenvalue weighted by Gasteiger charge is -2.23. The van der Waals surface area contributed by atoms with Crippen LogP contribution < -0.4 is 0 Å². The highest BCUT2D eigenvalue weighted by Crippen LogP contribution is 2.40. The van der Waals surface area contributed by atoms with Crippen LogP contribution in [-0.2, 0) is 11.3 Å². The third-order valence-electron chi connectivity index (χ3n) is 3.84. The maximum atomic E-state index is 11.6. The molecule has 0 spiro atoms. The molecular weight excluding hydrogens is 278 g/mol. The minimum atomic E-state index is -0.753. The maximum absolute atomic E-state index is 11.6. The molecule has 7 nitrogen and oxygen atoms in total. The summed E-state index contributed by atoms with van der Waals surface area (Å²) >= 11 is 1.50. The van der Waals surface area contributed by atoms with Crippen molar-refractivity contribution in [2.75, 3.05) is 0 Å². The Balaban J connectivity index is 1.92. The summed E-state index contributed by atoms with van der Waals surface area (Å²) in [5.74, 6) is -0.153. The molecule has 1 saturated carbocycles. The minimum absolute atomic E-state index is 0.321. The number of carboxylic acids is 1. The summed E-state index contributed by atoms with van der Waals surface area (Å²) in [7, 11) is 0. The van der Waals surface area contributed by atoms with Gasteiger partial charge in [0.25, 0.3) is 0 Å². The fourth-order valence-electron chi connectivity index (χ4n) is 2.73. The second-order valence-electron chi connectivity index (χ2n) is 5.20. The van der Waals surface area contributed by atoms with Crippen molar-refractivity contribution in [3.63, 3.8) is 0 Å². The van der Waals surface area contributed by atoms with Gasteiger partial charge in [-0.05, 0) is 30.2 Å². The molecule has 2 aromatic rings. The second-order valence-corrected chi connectivity index (χ2v) is 6.43. The first-order chi connectivity index (χ1) is 9.61. The van der Waals surface area contributed by atoms with Crippen LogP contribution in [0.1, 0.15) is 30.7 Å². The molecule has 1 fully saturated rings. The summed E-state index contributed by atoms with van der Waals surface area (Å²) in [5, 5.41) is 22.1. The third kappa shape index (κ3) is 2.20. The van der Waals surface area contributed by atoms with E-state index in [2.05, 4.69) is 20.5 Å². The Kier molecular flexibility index (Phi) is 3.25. The van der Waals surface area contributed by atoms with E-state index in [-0.39, 0.29) is 0 Å². The van der Waals surface area contributed by atoms with Crippen molar-refractivity contribution in [2.45, 2.75) is 39.2 Å². The maximum Gasteiger partial charge on any atom is 0.311 e.